The normalized spacial score (nSPS) is 10.4. The Morgan fingerprint density at radius 1 is 1.00 bits per heavy atom. The number of amides is 2. The van der Waals surface area contributed by atoms with E-state index in [1.165, 1.54) is 0 Å². The van der Waals surface area contributed by atoms with Gasteiger partial charge in [0.25, 0.3) is 0 Å². The first-order valence-electron chi connectivity index (χ1n) is 6.10. The predicted molar refractivity (Wildman–Crippen MR) is 78.8 cm³/mol. The highest BCUT2D eigenvalue weighted by Crippen LogP contribution is 2.08. The highest BCUT2D eigenvalue weighted by atomic mass is 16.2. The molecule has 0 radical (unpaired) electrons. The molecule has 0 aliphatic rings. The number of anilines is 1. The number of hydrogen-bond acceptors (Lipinski definition) is 1. The molecule has 0 bridgehead atoms. The zero-order valence-corrected chi connectivity index (χ0v) is 10.8. The summed E-state index contributed by atoms with van der Waals surface area (Å²) in [5.74, 6) is 0. The summed E-state index contributed by atoms with van der Waals surface area (Å²) in [7, 11) is 0. The van der Waals surface area contributed by atoms with E-state index in [1.807, 2.05) is 67.6 Å². The Balaban J connectivity index is 1.85. The molecule has 0 fully saturated rings. The van der Waals surface area contributed by atoms with Gasteiger partial charge in [0.2, 0.25) is 0 Å². The van der Waals surface area contributed by atoms with E-state index in [0.717, 1.165) is 16.8 Å². The van der Waals surface area contributed by atoms with Crippen LogP contribution in [0.4, 0.5) is 10.5 Å². The van der Waals surface area contributed by atoms with Gasteiger partial charge in [-0.2, -0.15) is 0 Å². The summed E-state index contributed by atoms with van der Waals surface area (Å²) in [6.45, 7) is 2.01. The number of hydrogen-bond donors (Lipinski definition) is 2. The standard InChI is InChI=1S/C16H16N2O/c1-13-7-9-15(10-8-13)18-16(19)17-12-11-14-5-3-2-4-6-14/h2-12H,1H3,(H2,17,18,19). The summed E-state index contributed by atoms with van der Waals surface area (Å²) in [6, 6.07) is 17.2. The average molecular weight is 252 g/mol. The fourth-order valence-electron chi connectivity index (χ4n) is 1.58. The van der Waals surface area contributed by atoms with Crippen LogP contribution in [0.15, 0.2) is 60.8 Å². The molecule has 0 unspecified atom stereocenters. The molecule has 2 amide bonds. The van der Waals surface area contributed by atoms with E-state index >= 15 is 0 Å². The van der Waals surface area contributed by atoms with Crippen molar-refractivity contribution < 1.29 is 4.79 Å². The smallest absolute Gasteiger partial charge is 0.314 e. The van der Waals surface area contributed by atoms with E-state index in [0.29, 0.717) is 0 Å². The Morgan fingerprint density at radius 2 is 1.68 bits per heavy atom. The molecule has 2 aromatic rings. The van der Waals surface area contributed by atoms with Crippen LogP contribution < -0.4 is 10.6 Å². The predicted octanol–water partition coefficient (Wildman–Crippen LogP) is 3.79. The van der Waals surface area contributed by atoms with Gasteiger partial charge < -0.3 is 10.6 Å². The van der Waals surface area contributed by atoms with Gasteiger partial charge in [-0.3, -0.25) is 0 Å². The Bertz CT molecular complexity index is 559. The van der Waals surface area contributed by atoms with E-state index < -0.39 is 0 Å². The van der Waals surface area contributed by atoms with Crippen LogP contribution in [0.25, 0.3) is 6.08 Å². The fraction of sp³-hybridized carbons (Fsp3) is 0.0625. The largest absolute Gasteiger partial charge is 0.323 e. The van der Waals surface area contributed by atoms with Crippen molar-refractivity contribution in [3.8, 4) is 0 Å². The second-order valence-electron chi connectivity index (χ2n) is 4.21. The van der Waals surface area contributed by atoms with Crippen molar-refractivity contribution in [2.75, 3.05) is 5.32 Å². The van der Waals surface area contributed by atoms with Crippen molar-refractivity contribution in [3.63, 3.8) is 0 Å². The molecule has 96 valence electrons. The summed E-state index contributed by atoms with van der Waals surface area (Å²) in [5.41, 5.74) is 2.98. The number of benzene rings is 2. The fourth-order valence-corrected chi connectivity index (χ4v) is 1.58. The number of nitrogens with one attached hydrogen (secondary N) is 2. The van der Waals surface area contributed by atoms with Crippen LogP contribution >= 0.6 is 0 Å². The molecule has 0 heterocycles. The van der Waals surface area contributed by atoms with E-state index in [9.17, 15) is 4.79 Å². The minimum atomic E-state index is -0.254. The Hall–Kier alpha value is -2.55. The van der Waals surface area contributed by atoms with Crippen molar-refractivity contribution in [1.29, 1.82) is 0 Å². The van der Waals surface area contributed by atoms with E-state index in [4.69, 9.17) is 0 Å². The maximum Gasteiger partial charge on any atom is 0.323 e. The van der Waals surface area contributed by atoms with Gasteiger partial charge in [-0.25, -0.2) is 4.79 Å². The van der Waals surface area contributed by atoms with Gasteiger partial charge in [0.1, 0.15) is 0 Å². The second-order valence-corrected chi connectivity index (χ2v) is 4.21. The Kier molecular flexibility index (Phi) is 4.34. The minimum Gasteiger partial charge on any atom is -0.314 e. The van der Waals surface area contributed by atoms with Crippen molar-refractivity contribution >= 4 is 17.8 Å². The lowest BCUT2D eigenvalue weighted by Crippen LogP contribution is -2.23. The third-order valence-electron chi connectivity index (χ3n) is 2.60. The molecule has 0 aliphatic carbocycles. The number of urea groups is 1. The minimum absolute atomic E-state index is 0.254. The molecule has 2 aromatic carbocycles. The number of rotatable bonds is 3. The monoisotopic (exact) mass is 252 g/mol. The molecule has 0 saturated heterocycles. The summed E-state index contributed by atoms with van der Waals surface area (Å²) < 4.78 is 0. The molecule has 2 N–H and O–H groups in total. The molecule has 0 saturated carbocycles. The molecule has 19 heavy (non-hydrogen) atoms. The number of aryl methyl sites for hydroxylation is 1. The van der Waals surface area contributed by atoms with Gasteiger partial charge in [-0.05, 0) is 30.7 Å². The van der Waals surface area contributed by atoms with Crippen LogP contribution in [-0.4, -0.2) is 6.03 Å². The molecule has 2 rings (SSSR count). The van der Waals surface area contributed by atoms with Crippen molar-refractivity contribution in [2.24, 2.45) is 0 Å². The summed E-state index contributed by atoms with van der Waals surface area (Å²) in [6.07, 6.45) is 3.47. The quantitative estimate of drug-likeness (QED) is 0.857. The zero-order chi connectivity index (χ0) is 13.5. The zero-order valence-electron chi connectivity index (χ0n) is 10.8. The molecular weight excluding hydrogens is 236 g/mol. The van der Waals surface area contributed by atoms with Crippen LogP contribution in [0.3, 0.4) is 0 Å². The lowest BCUT2D eigenvalue weighted by atomic mass is 10.2. The molecule has 0 aliphatic heterocycles. The summed E-state index contributed by atoms with van der Waals surface area (Å²) in [4.78, 5) is 11.6. The van der Waals surface area contributed by atoms with Gasteiger partial charge in [-0.1, -0.05) is 48.0 Å². The van der Waals surface area contributed by atoms with E-state index in [2.05, 4.69) is 10.6 Å². The van der Waals surface area contributed by atoms with Crippen LogP contribution in [0.1, 0.15) is 11.1 Å². The van der Waals surface area contributed by atoms with Crippen molar-refractivity contribution in [2.45, 2.75) is 6.92 Å². The third kappa shape index (κ3) is 4.32. The Labute approximate surface area is 113 Å². The second kappa shape index (κ2) is 6.40. The highest BCUT2D eigenvalue weighted by Gasteiger charge is 1.97. The molecule has 0 atom stereocenters. The lowest BCUT2D eigenvalue weighted by molar-refractivity contribution is 0.255. The maximum atomic E-state index is 11.6. The Morgan fingerprint density at radius 3 is 2.37 bits per heavy atom. The molecule has 0 spiro atoms. The SMILES string of the molecule is Cc1ccc(NC(=O)NC=Cc2ccccc2)cc1. The molecule has 3 nitrogen and oxygen atoms in total. The van der Waals surface area contributed by atoms with Crippen LogP contribution in [0.5, 0.6) is 0 Å². The van der Waals surface area contributed by atoms with Gasteiger partial charge in [0.15, 0.2) is 0 Å². The van der Waals surface area contributed by atoms with Crippen molar-refractivity contribution in [1.82, 2.24) is 5.32 Å². The van der Waals surface area contributed by atoms with Gasteiger partial charge in [-0.15, -0.1) is 0 Å². The van der Waals surface area contributed by atoms with Crippen LogP contribution in [0, 0.1) is 6.92 Å². The van der Waals surface area contributed by atoms with Crippen LogP contribution in [0.2, 0.25) is 0 Å². The maximum absolute atomic E-state index is 11.6. The first kappa shape index (κ1) is 12.9. The van der Waals surface area contributed by atoms with Crippen molar-refractivity contribution in [3.05, 3.63) is 71.9 Å². The van der Waals surface area contributed by atoms with E-state index in [1.54, 1.807) is 6.20 Å². The first-order valence-corrected chi connectivity index (χ1v) is 6.10. The third-order valence-corrected chi connectivity index (χ3v) is 2.60. The first-order chi connectivity index (χ1) is 9.24. The molecule has 0 aromatic heterocycles. The van der Waals surface area contributed by atoms with E-state index in [-0.39, 0.29) is 6.03 Å². The number of carbonyl (C=O) groups excluding carboxylic acids is 1. The van der Waals surface area contributed by atoms with Crippen LogP contribution in [-0.2, 0) is 0 Å². The highest BCUT2D eigenvalue weighted by molar-refractivity contribution is 5.90. The van der Waals surface area contributed by atoms with Gasteiger partial charge in [0, 0.05) is 11.9 Å². The lowest BCUT2D eigenvalue weighted by Gasteiger charge is -2.04. The number of carbonyl (C=O) groups is 1. The van der Waals surface area contributed by atoms with Gasteiger partial charge in [0.05, 0.1) is 0 Å². The summed E-state index contributed by atoms with van der Waals surface area (Å²) >= 11 is 0. The summed E-state index contributed by atoms with van der Waals surface area (Å²) in [5, 5.41) is 5.42. The van der Waals surface area contributed by atoms with Gasteiger partial charge >= 0.3 is 6.03 Å². The average Bonchev–Trinajstić information content (AvgIpc) is 2.43. The molecule has 3 heteroatoms. The topological polar surface area (TPSA) is 41.1 Å². The molecular formula is C16H16N2O.